The monoisotopic (exact) mass is 271 g/mol. The van der Waals surface area contributed by atoms with Crippen molar-refractivity contribution in [3.05, 3.63) is 53.6 Å². The van der Waals surface area contributed by atoms with E-state index in [4.69, 9.17) is 15.6 Å². The molecule has 0 amide bonds. The fourth-order valence-electron chi connectivity index (χ4n) is 1.92. The van der Waals surface area contributed by atoms with Crippen molar-refractivity contribution in [2.45, 2.75) is 19.8 Å². The third-order valence-corrected chi connectivity index (χ3v) is 3.02. The number of nitrogen functional groups attached to an aromatic ring is 1. The lowest BCUT2D eigenvalue weighted by Gasteiger charge is -2.15. The first kappa shape index (κ1) is 13.9. The normalized spacial score (nSPS) is 10.6. The maximum atomic E-state index is 11.0. The third-order valence-electron chi connectivity index (χ3n) is 3.02. The number of aromatic carboxylic acids is 1. The number of benzene rings is 2. The summed E-state index contributed by atoms with van der Waals surface area (Å²) in [5, 5.41) is 9.01. The Morgan fingerprint density at radius 2 is 1.85 bits per heavy atom. The lowest BCUT2D eigenvalue weighted by Crippen LogP contribution is -2.00. The summed E-state index contributed by atoms with van der Waals surface area (Å²) >= 11 is 0. The molecular weight excluding hydrogens is 254 g/mol. The predicted molar refractivity (Wildman–Crippen MR) is 78.4 cm³/mol. The molecule has 2 rings (SSSR count). The lowest BCUT2D eigenvalue weighted by molar-refractivity contribution is 0.0696. The van der Waals surface area contributed by atoms with Gasteiger partial charge in [0.15, 0.2) is 5.75 Å². The van der Waals surface area contributed by atoms with Gasteiger partial charge >= 0.3 is 5.97 Å². The highest BCUT2D eigenvalue weighted by Crippen LogP contribution is 2.33. The Kier molecular flexibility index (Phi) is 3.94. The number of nitrogens with two attached hydrogens (primary N) is 1. The first-order valence-electron chi connectivity index (χ1n) is 6.38. The molecule has 0 aliphatic rings. The van der Waals surface area contributed by atoms with Crippen LogP contribution < -0.4 is 10.5 Å². The highest BCUT2D eigenvalue weighted by atomic mass is 16.5. The molecule has 0 saturated heterocycles. The first-order chi connectivity index (χ1) is 9.49. The van der Waals surface area contributed by atoms with Gasteiger partial charge in [-0.1, -0.05) is 32.0 Å². The number of carboxylic acids is 1. The van der Waals surface area contributed by atoms with E-state index in [1.54, 1.807) is 0 Å². The quantitative estimate of drug-likeness (QED) is 0.828. The van der Waals surface area contributed by atoms with Gasteiger partial charge in [0, 0.05) is 0 Å². The van der Waals surface area contributed by atoms with Crippen LogP contribution in [0.25, 0.3) is 0 Å². The highest BCUT2D eigenvalue weighted by Gasteiger charge is 2.12. The Morgan fingerprint density at radius 1 is 1.15 bits per heavy atom. The number of para-hydroxylation sites is 1. The molecule has 0 heterocycles. The van der Waals surface area contributed by atoms with Gasteiger partial charge in [0.1, 0.15) is 5.75 Å². The molecule has 4 heteroatoms. The largest absolute Gasteiger partial charge is 0.478 e. The first-order valence-corrected chi connectivity index (χ1v) is 6.38. The van der Waals surface area contributed by atoms with Gasteiger partial charge in [0.25, 0.3) is 0 Å². The van der Waals surface area contributed by atoms with Crippen LogP contribution in [0.4, 0.5) is 5.69 Å². The van der Waals surface area contributed by atoms with Gasteiger partial charge in [-0.25, -0.2) is 4.79 Å². The number of hydrogen-bond acceptors (Lipinski definition) is 3. The second kappa shape index (κ2) is 5.65. The number of carbonyl (C=O) groups is 1. The molecule has 0 aromatic heterocycles. The fraction of sp³-hybridized carbons (Fsp3) is 0.188. The van der Waals surface area contributed by atoms with E-state index in [2.05, 4.69) is 13.8 Å². The smallest absolute Gasteiger partial charge is 0.335 e. The molecule has 0 aliphatic heterocycles. The Labute approximate surface area is 117 Å². The van der Waals surface area contributed by atoms with Crippen LogP contribution in [0, 0.1) is 0 Å². The average molecular weight is 271 g/mol. The summed E-state index contributed by atoms with van der Waals surface area (Å²) in [5.74, 6) is 0.344. The summed E-state index contributed by atoms with van der Waals surface area (Å²) in [6, 6.07) is 12.1. The second-order valence-electron chi connectivity index (χ2n) is 4.85. The minimum atomic E-state index is -1.01. The van der Waals surface area contributed by atoms with Crippen LogP contribution in [-0.2, 0) is 0 Å². The van der Waals surface area contributed by atoms with Crippen LogP contribution in [0.2, 0.25) is 0 Å². The summed E-state index contributed by atoms with van der Waals surface area (Å²) in [5.41, 5.74) is 7.45. The van der Waals surface area contributed by atoms with E-state index in [1.807, 2.05) is 24.3 Å². The Morgan fingerprint density at radius 3 is 2.50 bits per heavy atom. The standard InChI is InChI=1S/C16H17NO3/c1-10(2)12-5-3-4-6-14(12)20-15-9-11(16(18)19)7-8-13(15)17/h3-10H,17H2,1-2H3,(H,18,19). The van der Waals surface area contributed by atoms with E-state index < -0.39 is 5.97 Å². The third kappa shape index (κ3) is 2.91. The zero-order valence-corrected chi connectivity index (χ0v) is 11.5. The second-order valence-corrected chi connectivity index (χ2v) is 4.85. The predicted octanol–water partition coefficient (Wildman–Crippen LogP) is 3.88. The number of carboxylic acid groups (broad SMARTS) is 1. The maximum absolute atomic E-state index is 11.0. The topological polar surface area (TPSA) is 72.5 Å². The Balaban J connectivity index is 2.40. The summed E-state index contributed by atoms with van der Waals surface area (Å²) in [4.78, 5) is 11.0. The van der Waals surface area contributed by atoms with Crippen molar-refractivity contribution in [1.29, 1.82) is 0 Å². The van der Waals surface area contributed by atoms with E-state index in [9.17, 15) is 4.79 Å². The molecule has 0 fully saturated rings. The lowest BCUT2D eigenvalue weighted by atomic mass is 10.0. The van der Waals surface area contributed by atoms with Gasteiger partial charge in [0.2, 0.25) is 0 Å². The van der Waals surface area contributed by atoms with E-state index in [1.165, 1.54) is 18.2 Å². The molecule has 0 saturated carbocycles. The van der Waals surface area contributed by atoms with Gasteiger partial charge in [0.05, 0.1) is 11.3 Å². The van der Waals surface area contributed by atoms with E-state index in [0.717, 1.165) is 5.56 Å². The molecular formula is C16H17NO3. The number of rotatable bonds is 4. The summed E-state index contributed by atoms with van der Waals surface area (Å²) in [6.07, 6.45) is 0. The van der Waals surface area contributed by atoms with Crippen LogP contribution in [0.15, 0.2) is 42.5 Å². The van der Waals surface area contributed by atoms with Crippen molar-refractivity contribution >= 4 is 11.7 Å². The van der Waals surface area contributed by atoms with Gasteiger partial charge in [-0.05, 0) is 35.7 Å². The molecule has 0 radical (unpaired) electrons. The van der Waals surface area contributed by atoms with E-state index in [-0.39, 0.29) is 5.56 Å². The van der Waals surface area contributed by atoms with Crippen molar-refractivity contribution in [2.75, 3.05) is 5.73 Å². The summed E-state index contributed by atoms with van der Waals surface area (Å²) in [7, 11) is 0. The molecule has 4 nitrogen and oxygen atoms in total. The minimum absolute atomic E-state index is 0.149. The van der Waals surface area contributed by atoms with E-state index in [0.29, 0.717) is 23.1 Å². The Bertz CT molecular complexity index is 635. The maximum Gasteiger partial charge on any atom is 0.335 e. The van der Waals surface area contributed by atoms with Crippen molar-refractivity contribution in [1.82, 2.24) is 0 Å². The Hall–Kier alpha value is -2.49. The molecule has 20 heavy (non-hydrogen) atoms. The molecule has 0 spiro atoms. The number of anilines is 1. The van der Waals surface area contributed by atoms with Gasteiger partial charge in [-0.15, -0.1) is 0 Å². The summed E-state index contributed by atoms with van der Waals surface area (Å²) in [6.45, 7) is 4.14. The van der Waals surface area contributed by atoms with E-state index >= 15 is 0 Å². The van der Waals surface area contributed by atoms with Crippen molar-refractivity contribution in [3.8, 4) is 11.5 Å². The van der Waals surface area contributed by atoms with Crippen molar-refractivity contribution < 1.29 is 14.6 Å². The summed E-state index contributed by atoms with van der Waals surface area (Å²) < 4.78 is 5.80. The number of hydrogen-bond donors (Lipinski definition) is 2. The van der Waals surface area contributed by atoms with Crippen molar-refractivity contribution in [3.63, 3.8) is 0 Å². The molecule has 0 aliphatic carbocycles. The van der Waals surface area contributed by atoms with Crippen LogP contribution in [0.3, 0.4) is 0 Å². The molecule has 3 N–H and O–H groups in total. The van der Waals surface area contributed by atoms with Crippen LogP contribution in [0.5, 0.6) is 11.5 Å². The number of ether oxygens (including phenoxy) is 1. The minimum Gasteiger partial charge on any atom is -0.478 e. The van der Waals surface area contributed by atoms with Crippen molar-refractivity contribution in [2.24, 2.45) is 0 Å². The average Bonchev–Trinajstić information content (AvgIpc) is 2.41. The van der Waals surface area contributed by atoms with Crippen LogP contribution in [-0.4, -0.2) is 11.1 Å². The molecule has 2 aromatic rings. The molecule has 104 valence electrons. The molecule has 2 aromatic carbocycles. The van der Waals surface area contributed by atoms with Gasteiger partial charge in [-0.3, -0.25) is 0 Å². The van der Waals surface area contributed by atoms with Gasteiger partial charge in [-0.2, -0.15) is 0 Å². The van der Waals surface area contributed by atoms with Gasteiger partial charge < -0.3 is 15.6 Å². The van der Waals surface area contributed by atoms with Crippen LogP contribution >= 0.6 is 0 Å². The molecule has 0 atom stereocenters. The molecule has 0 bridgehead atoms. The molecule has 0 unspecified atom stereocenters. The SMILES string of the molecule is CC(C)c1ccccc1Oc1cc(C(=O)O)ccc1N. The zero-order valence-electron chi connectivity index (χ0n) is 11.5. The highest BCUT2D eigenvalue weighted by molar-refractivity contribution is 5.89. The zero-order chi connectivity index (χ0) is 14.7. The van der Waals surface area contributed by atoms with Crippen LogP contribution in [0.1, 0.15) is 35.7 Å². The fourth-order valence-corrected chi connectivity index (χ4v) is 1.92.